The van der Waals surface area contributed by atoms with Gasteiger partial charge in [0.05, 0.1) is 7.11 Å². The van der Waals surface area contributed by atoms with Gasteiger partial charge in [-0.05, 0) is 60.2 Å². The molecule has 0 aromatic heterocycles. The van der Waals surface area contributed by atoms with Crippen LogP contribution in [0.1, 0.15) is 11.1 Å². The van der Waals surface area contributed by atoms with E-state index in [1.165, 1.54) is 6.07 Å². The van der Waals surface area contributed by atoms with Gasteiger partial charge in [0.2, 0.25) is 0 Å². The minimum absolute atomic E-state index is 0.0522. The number of rotatable bonds is 6. The van der Waals surface area contributed by atoms with Crippen molar-refractivity contribution in [2.75, 3.05) is 13.0 Å². The van der Waals surface area contributed by atoms with E-state index in [1.807, 2.05) is 24.3 Å². The molecule has 0 spiro atoms. The van der Waals surface area contributed by atoms with Crippen LogP contribution in [0.3, 0.4) is 0 Å². The lowest BCUT2D eigenvalue weighted by Gasteiger charge is -2.15. The summed E-state index contributed by atoms with van der Waals surface area (Å²) in [4.78, 5) is 0. The van der Waals surface area contributed by atoms with Gasteiger partial charge < -0.3 is 4.74 Å². The highest BCUT2D eigenvalue weighted by Gasteiger charge is 2.13. The van der Waals surface area contributed by atoms with Gasteiger partial charge in [-0.2, -0.15) is 0 Å². The van der Waals surface area contributed by atoms with Crippen molar-refractivity contribution in [3.63, 3.8) is 0 Å². The molecule has 0 bridgehead atoms. The van der Waals surface area contributed by atoms with Gasteiger partial charge in [-0.25, -0.2) is 8.78 Å². The van der Waals surface area contributed by atoms with Crippen LogP contribution >= 0.6 is 11.6 Å². The van der Waals surface area contributed by atoms with Crippen LogP contribution in [0.2, 0.25) is 0 Å². The van der Waals surface area contributed by atoms with Crippen LogP contribution in [0.25, 0.3) is 0 Å². The Morgan fingerprint density at radius 1 is 1.05 bits per heavy atom. The van der Waals surface area contributed by atoms with Crippen LogP contribution in [0.5, 0.6) is 5.75 Å². The molecular formula is C17H17ClF2O. The molecule has 1 unspecified atom stereocenters. The number of hydrogen-bond acceptors (Lipinski definition) is 1. The number of hydrogen-bond donors (Lipinski definition) is 0. The zero-order valence-electron chi connectivity index (χ0n) is 11.8. The number of alkyl halides is 1. The second-order valence-corrected chi connectivity index (χ2v) is 5.32. The molecule has 0 aliphatic rings. The lowest BCUT2D eigenvalue weighted by atomic mass is 9.94. The molecule has 2 aromatic rings. The Hall–Kier alpha value is -1.61. The molecule has 1 atom stereocenters. The zero-order valence-corrected chi connectivity index (χ0v) is 12.5. The molecule has 2 rings (SSSR count). The maximum absolute atomic E-state index is 13.7. The Balaban J connectivity index is 2.07. The molecule has 2 aromatic carbocycles. The summed E-state index contributed by atoms with van der Waals surface area (Å²) in [5.41, 5.74) is 1.47. The minimum atomic E-state index is -0.427. The highest BCUT2D eigenvalue weighted by Crippen LogP contribution is 2.20. The van der Waals surface area contributed by atoms with Gasteiger partial charge in [-0.1, -0.05) is 12.1 Å². The first-order valence-electron chi connectivity index (χ1n) is 6.75. The molecule has 21 heavy (non-hydrogen) atoms. The Morgan fingerprint density at radius 2 is 1.76 bits per heavy atom. The number of benzene rings is 2. The summed E-state index contributed by atoms with van der Waals surface area (Å²) in [6, 6.07) is 11.2. The van der Waals surface area contributed by atoms with E-state index in [-0.39, 0.29) is 11.7 Å². The average molecular weight is 311 g/mol. The molecule has 0 N–H and O–H groups in total. The Kier molecular flexibility index (Phi) is 5.57. The predicted octanol–water partition coefficient (Wildman–Crippen LogP) is 4.61. The molecule has 0 amide bonds. The number of methoxy groups -OCH3 is 1. The Morgan fingerprint density at radius 3 is 2.38 bits per heavy atom. The Labute approximate surface area is 128 Å². The number of halogens is 3. The highest BCUT2D eigenvalue weighted by molar-refractivity contribution is 6.18. The topological polar surface area (TPSA) is 9.23 Å². The molecule has 112 valence electrons. The fraction of sp³-hybridized carbons (Fsp3) is 0.294. The van der Waals surface area contributed by atoms with Crippen LogP contribution in [0.4, 0.5) is 8.78 Å². The largest absolute Gasteiger partial charge is 0.497 e. The summed E-state index contributed by atoms with van der Waals surface area (Å²) in [5.74, 6) is 0.418. The van der Waals surface area contributed by atoms with Crippen molar-refractivity contribution >= 4 is 11.6 Å². The first-order valence-corrected chi connectivity index (χ1v) is 7.28. The SMILES string of the molecule is COc1ccc(CC(CCl)Cc2cc(F)ccc2F)cc1. The third-order valence-electron chi connectivity index (χ3n) is 3.42. The van der Waals surface area contributed by atoms with Crippen molar-refractivity contribution in [1.82, 2.24) is 0 Å². The van der Waals surface area contributed by atoms with E-state index in [1.54, 1.807) is 7.11 Å². The van der Waals surface area contributed by atoms with E-state index in [2.05, 4.69) is 0 Å². The van der Waals surface area contributed by atoms with Crippen molar-refractivity contribution < 1.29 is 13.5 Å². The average Bonchev–Trinajstić information content (AvgIpc) is 2.51. The van der Waals surface area contributed by atoms with Crippen molar-refractivity contribution in [1.29, 1.82) is 0 Å². The van der Waals surface area contributed by atoms with E-state index in [4.69, 9.17) is 16.3 Å². The van der Waals surface area contributed by atoms with Gasteiger partial charge in [0, 0.05) is 5.88 Å². The summed E-state index contributed by atoms with van der Waals surface area (Å²) >= 11 is 5.98. The standard InChI is InChI=1S/C17H17ClF2O/c1-21-16-5-2-12(3-6-16)8-13(11-18)9-14-10-15(19)4-7-17(14)20/h2-7,10,13H,8-9,11H2,1H3. The second kappa shape index (κ2) is 7.41. The minimum Gasteiger partial charge on any atom is -0.497 e. The molecule has 0 fully saturated rings. The van der Waals surface area contributed by atoms with Gasteiger partial charge in [-0.15, -0.1) is 11.6 Å². The molecule has 0 heterocycles. The van der Waals surface area contributed by atoms with Crippen LogP contribution in [-0.2, 0) is 12.8 Å². The van der Waals surface area contributed by atoms with Gasteiger partial charge in [0.15, 0.2) is 0 Å². The third kappa shape index (κ3) is 4.43. The molecule has 0 aliphatic carbocycles. The van der Waals surface area contributed by atoms with Gasteiger partial charge in [-0.3, -0.25) is 0 Å². The van der Waals surface area contributed by atoms with E-state index in [0.717, 1.165) is 23.4 Å². The van der Waals surface area contributed by atoms with Crippen LogP contribution in [-0.4, -0.2) is 13.0 Å². The smallest absolute Gasteiger partial charge is 0.126 e. The van der Waals surface area contributed by atoms with Gasteiger partial charge >= 0.3 is 0 Å². The monoisotopic (exact) mass is 310 g/mol. The lowest BCUT2D eigenvalue weighted by molar-refractivity contribution is 0.414. The van der Waals surface area contributed by atoms with E-state index in [0.29, 0.717) is 24.3 Å². The second-order valence-electron chi connectivity index (χ2n) is 5.01. The maximum atomic E-state index is 13.7. The summed E-state index contributed by atoms with van der Waals surface area (Å²) in [5, 5.41) is 0. The maximum Gasteiger partial charge on any atom is 0.126 e. The normalized spacial score (nSPS) is 12.2. The van der Waals surface area contributed by atoms with E-state index < -0.39 is 5.82 Å². The highest BCUT2D eigenvalue weighted by atomic mass is 35.5. The van der Waals surface area contributed by atoms with Crippen LogP contribution in [0, 0.1) is 17.6 Å². The first-order chi connectivity index (χ1) is 10.1. The molecular weight excluding hydrogens is 294 g/mol. The van der Waals surface area contributed by atoms with E-state index in [9.17, 15) is 8.78 Å². The van der Waals surface area contributed by atoms with Crippen molar-refractivity contribution in [2.24, 2.45) is 5.92 Å². The van der Waals surface area contributed by atoms with Crippen LogP contribution < -0.4 is 4.74 Å². The van der Waals surface area contributed by atoms with Gasteiger partial charge in [0.25, 0.3) is 0 Å². The molecule has 0 saturated carbocycles. The number of ether oxygens (including phenoxy) is 1. The summed E-state index contributed by atoms with van der Waals surface area (Å²) in [6.45, 7) is 0. The Bertz CT molecular complexity index is 584. The van der Waals surface area contributed by atoms with Crippen molar-refractivity contribution in [2.45, 2.75) is 12.8 Å². The van der Waals surface area contributed by atoms with E-state index >= 15 is 0 Å². The molecule has 1 nitrogen and oxygen atoms in total. The summed E-state index contributed by atoms with van der Waals surface area (Å²) < 4.78 is 32.0. The molecule has 0 aliphatic heterocycles. The van der Waals surface area contributed by atoms with Crippen LogP contribution in [0.15, 0.2) is 42.5 Å². The third-order valence-corrected chi connectivity index (χ3v) is 3.85. The molecule has 0 saturated heterocycles. The zero-order chi connectivity index (χ0) is 15.2. The van der Waals surface area contributed by atoms with Gasteiger partial charge in [0.1, 0.15) is 17.4 Å². The lowest BCUT2D eigenvalue weighted by Crippen LogP contribution is -2.11. The molecule has 4 heteroatoms. The first kappa shape index (κ1) is 15.8. The quantitative estimate of drug-likeness (QED) is 0.708. The predicted molar refractivity (Wildman–Crippen MR) is 81.0 cm³/mol. The van der Waals surface area contributed by atoms with Crippen molar-refractivity contribution in [3.05, 3.63) is 65.2 Å². The summed E-state index contributed by atoms with van der Waals surface area (Å²) in [7, 11) is 1.61. The molecule has 0 radical (unpaired) electrons. The fourth-order valence-electron chi connectivity index (χ4n) is 2.29. The summed E-state index contributed by atoms with van der Waals surface area (Å²) in [6.07, 6.45) is 1.13. The fourth-order valence-corrected chi connectivity index (χ4v) is 2.51. The van der Waals surface area contributed by atoms with Crippen molar-refractivity contribution in [3.8, 4) is 5.75 Å².